The smallest absolute Gasteiger partial charge is 0.247 e. The van der Waals surface area contributed by atoms with Gasteiger partial charge in [-0.2, -0.15) is 0 Å². The summed E-state index contributed by atoms with van der Waals surface area (Å²) >= 11 is 0. The van der Waals surface area contributed by atoms with Gasteiger partial charge in [0.2, 0.25) is 11.8 Å². The Bertz CT molecular complexity index is 1000. The van der Waals surface area contributed by atoms with Gasteiger partial charge in [-0.25, -0.2) is 5.48 Å². The minimum Gasteiger partial charge on any atom is -0.325 e. The van der Waals surface area contributed by atoms with Crippen molar-refractivity contribution in [3.63, 3.8) is 0 Å². The number of amides is 2. The second-order valence-electron chi connectivity index (χ2n) is 7.95. The zero-order valence-electron chi connectivity index (χ0n) is 18.8. The van der Waals surface area contributed by atoms with Crippen molar-refractivity contribution in [3.8, 4) is 0 Å². The average Bonchev–Trinajstić information content (AvgIpc) is 2.84. The number of unbranched alkanes of at least 4 members (excludes halogenated alkanes) is 1. The summed E-state index contributed by atoms with van der Waals surface area (Å²) in [5, 5.41) is 2.67. The van der Waals surface area contributed by atoms with E-state index in [-0.39, 0.29) is 31.4 Å². The van der Waals surface area contributed by atoms with Crippen molar-refractivity contribution >= 4 is 17.5 Å². The van der Waals surface area contributed by atoms with E-state index in [2.05, 4.69) is 47.2 Å². The summed E-state index contributed by atoms with van der Waals surface area (Å²) in [6.45, 7) is 0.174. The summed E-state index contributed by atoms with van der Waals surface area (Å²) in [5.74, 6) is -0.445. The van der Waals surface area contributed by atoms with Gasteiger partial charge in [0.1, 0.15) is 0 Å². The number of nitrogens with two attached hydrogens (primary N) is 1. The normalized spacial score (nSPS) is 10.6. The largest absolute Gasteiger partial charge is 0.325 e. The molecule has 0 heterocycles. The van der Waals surface area contributed by atoms with Gasteiger partial charge in [0.05, 0.1) is 19.6 Å². The van der Waals surface area contributed by atoms with E-state index in [9.17, 15) is 9.59 Å². The Balaban J connectivity index is 1.32. The van der Waals surface area contributed by atoms with Gasteiger partial charge >= 0.3 is 0 Å². The van der Waals surface area contributed by atoms with E-state index in [1.54, 1.807) is 12.1 Å². The number of carbonyl (C=O) groups is 2. The first kappa shape index (κ1) is 24.2. The Morgan fingerprint density at radius 2 is 1.27 bits per heavy atom. The number of aryl methyl sites for hydroxylation is 2. The minimum absolute atomic E-state index is 0.0611. The molecule has 4 N–H and O–H groups in total. The predicted molar refractivity (Wildman–Crippen MR) is 130 cm³/mol. The summed E-state index contributed by atoms with van der Waals surface area (Å²) in [7, 11) is 0. The quantitative estimate of drug-likeness (QED) is 0.291. The summed E-state index contributed by atoms with van der Waals surface area (Å²) < 4.78 is 0. The molecule has 33 heavy (non-hydrogen) atoms. The average molecular weight is 446 g/mol. The van der Waals surface area contributed by atoms with Crippen LogP contribution in [0.25, 0.3) is 0 Å². The van der Waals surface area contributed by atoms with E-state index in [0.717, 1.165) is 36.8 Å². The Morgan fingerprint density at radius 1 is 0.697 bits per heavy atom. The molecule has 0 bridgehead atoms. The molecule has 6 nitrogen and oxygen atoms in total. The zero-order valence-corrected chi connectivity index (χ0v) is 18.8. The standard InChI is InChI=1S/C27H31N3O3/c28-19-27(32)29-25-16-14-24(15-17-25)20-33-30-26(31)18-23-12-10-22(11-13-23)9-5-4-8-21-6-2-1-3-7-21/h1-3,6-7,10-17H,4-5,8-9,18-20,28H2,(H,29,32)(H,30,31). The van der Waals surface area contributed by atoms with Crippen LogP contribution in [0.3, 0.4) is 0 Å². The molecule has 0 saturated heterocycles. The van der Waals surface area contributed by atoms with Crippen LogP contribution in [0.1, 0.15) is 35.1 Å². The summed E-state index contributed by atoms with van der Waals surface area (Å²) in [6.07, 6.45) is 4.71. The second kappa shape index (κ2) is 13.2. The molecule has 0 fully saturated rings. The van der Waals surface area contributed by atoms with Crippen molar-refractivity contribution in [1.29, 1.82) is 0 Å². The minimum atomic E-state index is -0.248. The van der Waals surface area contributed by atoms with Gasteiger partial charge in [-0.05, 0) is 60.1 Å². The van der Waals surface area contributed by atoms with Crippen LogP contribution in [0.5, 0.6) is 0 Å². The molecule has 2 amide bonds. The van der Waals surface area contributed by atoms with E-state index in [0.29, 0.717) is 5.69 Å². The molecule has 0 aliphatic carbocycles. The number of rotatable bonds is 12. The SMILES string of the molecule is NCC(=O)Nc1ccc(CONC(=O)Cc2ccc(CCCCc3ccccc3)cc2)cc1. The van der Waals surface area contributed by atoms with E-state index in [1.807, 2.05) is 30.3 Å². The molecule has 0 aromatic heterocycles. The third-order valence-electron chi connectivity index (χ3n) is 5.26. The highest BCUT2D eigenvalue weighted by atomic mass is 16.6. The molecule has 0 unspecified atom stereocenters. The topological polar surface area (TPSA) is 93.5 Å². The number of hydroxylamine groups is 1. The van der Waals surface area contributed by atoms with Crippen LogP contribution in [-0.4, -0.2) is 18.4 Å². The van der Waals surface area contributed by atoms with Crippen molar-refractivity contribution in [1.82, 2.24) is 5.48 Å². The number of carbonyl (C=O) groups excluding carboxylic acids is 2. The number of benzene rings is 3. The van der Waals surface area contributed by atoms with Gasteiger partial charge in [0.25, 0.3) is 0 Å². The molecule has 6 heteroatoms. The van der Waals surface area contributed by atoms with E-state index in [4.69, 9.17) is 10.6 Å². The van der Waals surface area contributed by atoms with Gasteiger partial charge in [-0.15, -0.1) is 0 Å². The van der Waals surface area contributed by atoms with Gasteiger partial charge in [-0.3, -0.25) is 14.4 Å². The summed E-state index contributed by atoms with van der Waals surface area (Å²) in [4.78, 5) is 28.7. The highest BCUT2D eigenvalue weighted by molar-refractivity contribution is 5.92. The Morgan fingerprint density at radius 3 is 1.91 bits per heavy atom. The Hall–Kier alpha value is -3.48. The van der Waals surface area contributed by atoms with Gasteiger partial charge < -0.3 is 11.1 Å². The second-order valence-corrected chi connectivity index (χ2v) is 7.95. The zero-order chi connectivity index (χ0) is 23.3. The number of hydrogen-bond acceptors (Lipinski definition) is 4. The molecular formula is C27H31N3O3. The van der Waals surface area contributed by atoms with Crippen molar-refractivity contribution < 1.29 is 14.4 Å². The lowest BCUT2D eigenvalue weighted by atomic mass is 10.0. The van der Waals surface area contributed by atoms with Crippen molar-refractivity contribution in [2.45, 2.75) is 38.7 Å². The van der Waals surface area contributed by atoms with E-state index < -0.39 is 0 Å². The van der Waals surface area contributed by atoms with Crippen LogP contribution in [-0.2, 0) is 40.3 Å². The molecule has 0 spiro atoms. The fourth-order valence-electron chi connectivity index (χ4n) is 3.44. The van der Waals surface area contributed by atoms with Crippen LogP contribution in [0.2, 0.25) is 0 Å². The van der Waals surface area contributed by atoms with Gasteiger partial charge in [-0.1, -0.05) is 66.7 Å². The van der Waals surface area contributed by atoms with Gasteiger partial charge in [0, 0.05) is 5.69 Å². The van der Waals surface area contributed by atoms with Crippen LogP contribution in [0.15, 0.2) is 78.9 Å². The number of nitrogens with one attached hydrogen (secondary N) is 2. The van der Waals surface area contributed by atoms with E-state index in [1.165, 1.54) is 11.1 Å². The lowest BCUT2D eigenvalue weighted by Gasteiger charge is -2.08. The maximum atomic E-state index is 12.1. The molecule has 0 saturated carbocycles. The lowest BCUT2D eigenvalue weighted by Crippen LogP contribution is -2.25. The fraction of sp³-hybridized carbons (Fsp3) is 0.259. The first-order chi connectivity index (χ1) is 16.1. The van der Waals surface area contributed by atoms with Crippen LogP contribution < -0.4 is 16.5 Å². The predicted octanol–water partition coefficient (Wildman–Crippen LogP) is 3.94. The van der Waals surface area contributed by atoms with Crippen molar-refractivity contribution in [2.24, 2.45) is 5.73 Å². The molecule has 3 aromatic rings. The van der Waals surface area contributed by atoms with E-state index >= 15 is 0 Å². The first-order valence-corrected chi connectivity index (χ1v) is 11.2. The highest BCUT2D eigenvalue weighted by Gasteiger charge is 2.05. The molecule has 3 aromatic carbocycles. The fourth-order valence-corrected chi connectivity index (χ4v) is 3.44. The number of anilines is 1. The van der Waals surface area contributed by atoms with Crippen LogP contribution >= 0.6 is 0 Å². The van der Waals surface area contributed by atoms with Crippen molar-refractivity contribution in [3.05, 3.63) is 101 Å². The maximum Gasteiger partial charge on any atom is 0.247 e. The van der Waals surface area contributed by atoms with Crippen LogP contribution in [0, 0.1) is 0 Å². The number of hydrogen-bond donors (Lipinski definition) is 3. The summed E-state index contributed by atoms with van der Waals surface area (Å²) in [5.41, 5.74) is 12.9. The molecule has 3 rings (SSSR count). The third-order valence-corrected chi connectivity index (χ3v) is 5.26. The monoisotopic (exact) mass is 445 g/mol. The lowest BCUT2D eigenvalue weighted by molar-refractivity contribution is -0.133. The van der Waals surface area contributed by atoms with Crippen LogP contribution in [0.4, 0.5) is 5.69 Å². The third kappa shape index (κ3) is 8.88. The highest BCUT2D eigenvalue weighted by Crippen LogP contribution is 2.12. The molecule has 0 aliphatic rings. The summed E-state index contributed by atoms with van der Waals surface area (Å²) in [6, 6.07) is 25.9. The molecule has 0 aliphatic heterocycles. The van der Waals surface area contributed by atoms with Gasteiger partial charge in [0.15, 0.2) is 0 Å². The molecular weight excluding hydrogens is 414 g/mol. The molecule has 0 radical (unpaired) electrons. The van der Waals surface area contributed by atoms with Crippen molar-refractivity contribution in [2.75, 3.05) is 11.9 Å². The molecule has 0 atom stereocenters. The first-order valence-electron chi connectivity index (χ1n) is 11.2. The maximum absolute atomic E-state index is 12.1. The Labute approximate surface area is 195 Å². The Kier molecular flexibility index (Phi) is 9.63. The molecule has 172 valence electrons.